The summed E-state index contributed by atoms with van der Waals surface area (Å²) in [4.78, 5) is 0. The average Bonchev–Trinajstić information content (AvgIpc) is 2.62. The molecule has 0 aliphatic heterocycles. The Labute approximate surface area is 118 Å². The van der Waals surface area contributed by atoms with Crippen LogP contribution in [-0.2, 0) is 19.9 Å². The molecule has 0 saturated carbocycles. The fraction of sp³-hybridized carbons (Fsp3) is 0.769. The Bertz CT molecular complexity index is 361. The zero-order valence-electron chi connectivity index (χ0n) is 11.2. The number of alkyl halides is 1. The Balaban J connectivity index is 3.05. The third-order valence-electron chi connectivity index (χ3n) is 3.83. The van der Waals surface area contributed by atoms with Gasteiger partial charge in [-0.2, -0.15) is 5.10 Å². The predicted molar refractivity (Wildman–Crippen MR) is 77.7 cm³/mol. The molecule has 1 rings (SSSR count). The minimum Gasteiger partial charge on any atom is -0.271 e. The predicted octanol–water partition coefficient (Wildman–Crippen LogP) is 4.33. The minimum atomic E-state index is 0.197. The Hall–Kier alpha value is -0.0200. The Kier molecular flexibility index (Phi) is 5.52. The Morgan fingerprint density at radius 3 is 2.24 bits per heavy atom. The van der Waals surface area contributed by atoms with Crippen LogP contribution in [0.25, 0.3) is 0 Å². The van der Waals surface area contributed by atoms with E-state index in [9.17, 15) is 0 Å². The second-order valence-electron chi connectivity index (χ2n) is 4.70. The van der Waals surface area contributed by atoms with Crippen LogP contribution in [0.5, 0.6) is 0 Å². The molecule has 1 aromatic rings. The largest absolute Gasteiger partial charge is 0.271 e. The van der Waals surface area contributed by atoms with Crippen molar-refractivity contribution in [3.8, 4) is 0 Å². The van der Waals surface area contributed by atoms with Crippen molar-refractivity contribution < 1.29 is 0 Å². The van der Waals surface area contributed by atoms with Crippen LogP contribution in [-0.4, -0.2) is 15.7 Å². The standard InChI is InChI=1S/C13H22BrClN2/c1-5-10-12(14)11(17(4)16-10)8-13(6-2,7-3)9-15/h5-9H2,1-4H3. The van der Waals surface area contributed by atoms with Gasteiger partial charge in [0.05, 0.1) is 15.9 Å². The van der Waals surface area contributed by atoms with Gasteiger partial charge in [-0.3, -0.25) is 4.68 Å². The number of nitrogens with zero attached hydrogens (tertiary/aromatic N) is 2. The Morgan fingerprint density at radius 1 is 1.29 bits per heavy atom. The smallest absolute Gasteiger partial charge is 0.0766 e. The molecule has 0 N–H and O–H groups in total. The van der Waals surface area contributed by atoms with Gasteiger partial charge >= 0.3 is 0 Å². The number of halogens is 2. The van der Waals surface area contributed by atoms with Crippen LogP contribution in [0.4, 0.5) is 0 Å². The zero-order valence-corrected chi connectivity index (χ0v) is 13.5. The molecule has 0 amide bonds. The summed E-state index contributed by atoms with van der Waals surface area (Å²) in [5.74, 6) is 0.707. The van der Waals surface area contributed by atoms with Crippen molar-refractivity contribution in [1.82, 2.24) is 9.78 Å². The minimum absolute atomic E-state index is 0.197. The van der Waals surface area contributed by atoms with E-state index in [1.54, 1.807) is 0 Å². The van der Waals surface area contributed by atoms with Crippen LogP contribution in [0, 0.1) is 5.41 Å². The SMILES string of the molecule is CCc1nn(C)c(CC(CC)(CC)CCl)c1Br. The zero-order chi connectivity index (χ0) is 13.1. The lowest BCUT2D eigenvalue weighted by Gasteiger charge is -2.29. The van der Waals surface area contributed by atoms with E-state index in [1.807, 2.05) is 11.7 Å². The molecule has 0 saturated heterocycles. The molecule has 0 spiro atoms. The fourth-order valence-corrected chi connectivity index (χ4v) is 3.33. The van der Waals surface area contributed by atoms with E-state index >= 15 is 0 Å². The van der Waals surface area contributed by atoms with Crippen molar-refractivity contribution in [2.45, 2.75) is 46.5 Å². The lowest BCUT2D eigenvalue weighted by Crippen LogP contribution is -2.25. The molecule has 0 radical (unpaired) electrons. The van der Waals surface area contributed by atoms with Crippen LogP contribution in [0.3, 0.4) is 0 Å². The highest BCUT2D eigenvalue weighted by Gasteiger charge is 2.28. The maximum Gasteiger partial charge on any atom is 0.0766 e. The highest BCUT2D eigenvalue weighted by atomic mass is 79.9. The summed E-state index contributed by atoms with van der Waals surface area (Å²) in [6.07, 6.45) is 4.16. The van der Waals surface area contributed by atoms with Crippen LogP contribution < -0.4 is 0 Å². The lowest BCUT2D eigenvalue weighted by atomic mass is 9.80. The van der Waals surface area contributed by atoms with Gasteiger partial charge in [0, 0.05) is 12.9 Å². The van der Waals surface area contributed by atoms with Crippen LogP contribution in [0.15, 0.2) is 4.47 Å². The first-order chi connectivity index (χ1) is 8.03. The number of hydrogen-bond acceptors (Lipinski definition) is 1. The monoisotopic (exact) mass is 320 g/mol. The molecule has 4 heteroatoms. The summed E-state index contributed by atoms with van der Waals surface area (Å²) in [6.45, 7) is 6.57. The Morgan fingerprint density at radius 2 is 1.88 bits per heavy atom. The first-order valence-corrected chi connectivity index (χ1v) is 7.62. The molecular weight excluding hydrogens is 300 g/mol. The molecule has 0 bridgehead atoms. The van der Waals surface area contributed by atoms with Crippen molar-refractivity contribution in [2.24, 2.45) is 12.5 Å². The second-order valence-corrected chi connectivity index (χ2v) is 5.76. The quantitative estimate of drug-likeness (QED) is 0.713. The van der Waals surface area contributed by atoms with Crippen molar-refractivity contribution in [3.63, 3.8) is 0 Å². The third kappa shape index (κ3) is 3.05. The summed E-state index contributed by atoms with van der Waals surface area (Å²) in [5.41, 5.74) is 2.60. The van der Waals surface area contributed by atoms with E-state index < -0.39 is 0 Å². The number of aromatic nitrogens is 2. The molecule has 1 aromatic heterocycles. The van der Waals surface area contributed by atoms with Gasteiger partial charge in [0.15, 0.2) is 0 Å². The molecule has 0 unspecified atom stereocenters. The van der Waals surface area contributed by atoms with Gasteiger partial charge < -0.3 is 0 Å². The highest BCUT2D eigenvalue weighted by Crippen LogP contribution is 2.35. The molecule has 0 fully saturated rings. The fourth-order valence-electron chi connectivity index (χ4n) is 2.10. The summed E-state index contributed by atoms with van der Waals surface area (Å²) in [5, 5.41) is 4.54. The normalized spacial score (nSPS) is 12.1. The molecule has 0 aliphatic carbocycles. The summed E-state index contributed by atoms with van der Waals surface area (Å²) < 4.78 is 3.16. The summed E-state index contributed by atoms with van der Waals surface area (Å²) >= 11 is 9.85. The van der Waals surface area contributed by atoms with E-state index in [0.717, 1.165) is 31.4 Å². The van der Waals surface area contributed by atoms with Gasteiger partial charge in [-0.05, 0) is 47.0 Å². The van der Waals surface area contributed by atoms with E-state index in [0.29, 0.717) is 5.88 Å². The van der Waals surface area contributed by atoms with Gasteiger partial charge in [0.25, 0.3) is 0 Å². The molecule has 98 valence electrons. The van der Waals surface area contributed by atoms with Crippen LogP contribution >= 0.6 is 27.5 Å². The molecule has 1 heterocycles. The first-order valence-electron chi connectivity index (χ1n) is 6.29. The average molecular weight is 322 g/mol. The molecule has 17 heavy (non-hydrogen) atoms. The van der Waals surface area contributed by atoms with Gasteiger partial charge in [-0.25, -0.2) is 0 Å². The van der Waals surface area contributed by atoms with E-state index in [2.05, 4.69) is 41.8 Å². The third-order valence-corrected chi connectivity index (χ3v) is 5.31. The number of rotatable bonds is 6. The van der Waals surface area contributed by atoms with Gasteiger partial charge in [-0.1, -0.05) is 20.8 Å². The first kappa shape index (κ1) is 15.0. The van der Waals surface area contributed by atoms with Gasteiger partial charge in [0.1, 0.15) is 0 Å². The van der Waals surface area contributed by atoms with Crippen molar-refractivity contribution in [3.05, 3.63) is 15.9 Å². The molecule has 0 aliphatic rings. The van der Waals surface area contributed by atoms with Crippen molar-refractivity contribution in [2.75, 3.05) is 5.88 Å². The van der Waals surface area contributed by atoms with Gasteiger partial charge in [-0.15, -0.1) is 11.6 Å². The van der Waals surface area contributed by atoms with Gasteiger partial charge in [0.2, 0.25) is 0 Å². The highest BCUT2D eigenvalue weighted by molar-refractivity contribution is 9.10. The van der Waals surface area contributed by atoms with Crippen molar-refractivity contribution in [1.29, 1.82) is 0 Å². The van der Waals surface area contributed by atoms with Crippen molar-refractivity contribution >= 4 is 27.5 Å². The second kappa shape index (κ2) is 6.24. The maximum absolute atomic E-state index is 6.17. The van der Waals surface area contributed by atoms with E-state index in [4.69, 9.17) is 11.6 Å². The van der Waals surface area contributed by atoms with Crippen LogP contribution in [0.2, 0.25) is 0 Å². The van der Waals surface area contributed by atoms with E-state index in [1.165, 1.54) is 10.2 Å². The van der Waals surface area contributed by atoms with E-state index in [-0.39, 0.29) is 5.41 Å². The van der Waals surface area contributed by atoms with Crippen LogP contribution in [0.1, 0.15) is 45.0 Å². The number of aryl methyl sites for hydroxylation is 2. The molecule has 0 aromatic carbocycles. The molecule has 0 atom stereocenters. The molecule has 2 nitrogen and oxygen atoms in total. The summed E-state index contributed by atoms with van der Waals surface area (Å²) in [7, 11) is 2.02. The molecular formula is C13H22BrClN2. The maximum atomic E-state index is 6.17. The number of hydrogen-bond donors (Lipinski definition) is 0. The summed E-state index contributed by atoms with van der Waals surface area (Å²) in [6, 6.07) is 0. The topological polar surface area (TPSA) is 17.8 Å². The lowest BCUT2D eigenvalue weighted by molar-refractivity contribution is 0.294.